The molecule has 0 aromatic heterocycles. The average Bonchev–Trinajstić information content (AvgIpc) is 2.52. The Labute approximate surface area is 135 Å². The van der Waals surface area contributed by atoms with Crippen LogP contribution in [0.3, 0.4) is 0 Å². The van der Waals surface area contributed by atoms with E-state index < -0.39 is 8.32 Å². The summed E-state index contributed by atoms with van der Waals surface area (Å²) in [6.45, 7) is 8.96. The van der Waals surface area contributed by atoms with Crippen molar-refractivity contribution in [2.45, 2.75) is 39.0 Å². The van der Waals surface area contributed by atoms with E-state index in [2.05, 4.69) is 93.7 Å². The molecule has 0 fully saturated rings. The number of hydrogen-bond acceptors (Lipinski definition) is 2. The second-order valence-electron chi connectivity index (χ2n) is 6.71. The molecular formula is C19H27NOSi. The highest BCUT2D eigenvalue weighted by atomic mass is 28.4. The first-order valence-corrected chi connectivity index (χ1v) is 9.79. The fraction of sp³-hybridized carbons (Fsp3) is 0.368. The average molecular weight is 314 g/mol. The molecule has 0 heterocycles. The van der Waals surface area contributed by atoms with Gasteiger partial charge in [-0.05, 0) is 29.4 Å². The predicted octanol–water partition coefficient (Wildman–Crippen LogP) is 3.13. The maximum Gasteiger partial charge on any atom is 0.263 e. The second-order valence-corrected chi connectivity index (χ2v) is 11.0. The van der Waals surface area contributed by atoms with Gasteiger partial charge in [-0.25, -0.2) is 0 Å². The summed E-state index contributed by atoms with van der Waals surface area (Å²) in [5.41, 5.74) is 0. The summed E-state index contributed by atoms with van der Waals surface area (Å²) in [5.74, 6) is 0. The summed E-state index contributed by atoms with van der Waals surface area (Å²) in [6, 6.07) is 21.4. The molecule has 0 radical (unpaired) electrons. The second kappa shape index (κ2) is 6.78. The highest BCUT2D eigenvalue weighted by Crippen LogP contribution is 2.37. The summed E-state index contributed by atoms with van der Waals surface area (Å²) in [5, 5.41) is 5.90. The molecule has 0 aliphatic carbocycles. The lowest BCUT2D eigenvalue weighted by atomic mass is 10.2. The minimum Gasteiger partial charge on any atom is -0.393 e. The van der Waals surface area contributed by atoms with Crippen LogP contribution >= 0.6 is 0 Å². The lowest BCUT2D eigenvalue weighted by molar-refractivity contribution is 0.179. The molecule has 1 N–H and O–H groups in total. The van der Waals surface area contributed by atoms with E-state index in [1.165, 1.54) is 10.4 Å². The van der Waals surface area contributed by atoms with Gasteiger partial charge in [0.2, 0.25) is 0 Å². The van der Waals surface area contributed by atoms with Crippen LogP contribution in [0, 0.1) is 0 Å². The molecule has 2 aromatic carbocycles. The molecule has 0 spiro atoms. The molecule has 0 aliphatic heterocycles. The fourth-order valence-corrected chi connectivity index (χ4v) is 7.68. The summed E-state index contributed by atoms with van der Waals surface area (Å²) < 4.78 is 6.75. The van der Waals surface area contributed by atoms with Gasteiger partial charge in [0.1, 0.15) is 0 Å². The van der Waals surface area contributed by atoms with Crippen LogP contribution in [0.2, 0.25) is 5.04 Å². The highest BCUT2D eigenvalue weighted by molar-refractivity contribution is 6.99. The zero-order valence-corrected chi connectivity index (χ0v) is 15.3. The summed E-state index contributed by atoms with van der Waals surface area (Å²) in [7, 11) is -0.449. The van der Waals surface area contributed by atoms with Crippen molar-refractivity contribution in [3.05, 3.63) is 60.7 Å². The molecule has 0 bridgehead atoms. The van der Waals surface area contributed by atoms with Crippen LogP contribution in [0.25, 0.3) is 0 Å². The van der Waals surface area contributed by atoms with Crippen molar-refractivity contribution in [2.75, 3.05) is 7.05 Å². The van der Waals surface area contributed by atoms with E-state index in [4.69, 9.17) is 4.43 Å². The molecule has 1 atom stereocenters. The van der Waals surface area contributed by atoms with E-state index >= 15 is 0 Å². The van der Waals surface area contributed by atoms with Gasteiger partial charge < -0.3 is 4.43 Å². The standard InChI is InChI=1S/C19H27NOSi/c1-16(20-5)21-22(19(2,3)4,17-12-8-6-9-13-17)18-14-10-7-11-15-18/h6-16,20H,1-5H3. The van der Waals surface area contributed by atoms with Crippen molar-refractivity contribution in [1.82, 2.24) is 5.32 Å². The lowest BCUT2D eigenvalue weighted by Gasteiger charge is -2.44. The largest absolute Gasteiger partial charge is 0.393 e. The molecule has 2 aromatic rings. The Bertz CT molecular complexity index is 538. The van der Waals surface area contributed by atoms with Crippen molar-refractivity contribution in [2.24, 2.45) is 0 Å². The van der Waals surface area contributed by atoms with Gasteiger partial charge >= 0.3 is 0 Å². The van der Waals surface area contributed by atoms with E-state index in [0.717, 1.165) is 0 Å². The fourth-order valence-electron chi connectivity index (χ4n) is 3.02. The van der Waals surface area contributed by atoms with Gasteiger partial charge in [0.15, 0.2) is 0 Å². The van der Waals surface area contributed by atoms with E-state index in [0.29, 0.717) is 0 Å². The third-order valence-electron chi connectivity index (χ3n) is 4.18. The predicted molar refractivity (Wildman–Crippen MR) is 97.2 cm³/mol. The number of rotatable bonds is 5. The molecule has 0 saturated carbocycles. The molecule has 3 heteroatoms. The monoisotopic (exact) mass is 313 g/mol. The van der Waals surface area contributed by atoms with E-state index in [9.17, 15) is 0 Å². The molecule has 118 valence electrons. The summed E-state index contributed by atoms with van der Waals surface area (Å²) in [6.07, 6.45) is 0.00584. The van der Waals surface area contributed by atoms with Gasteiger partial charge in [-0.2, -0.15) is 0 Å². The third-order valence-corrected chi connectivity index (χ3v) is 9.29. The Kier molecular flexibility index (Phi) is 5.22. The Morgan fingerprint density at radius 2 is 1.27 bits per heavy atom. The molecule has 0 aliphatic rings. The van der Waals surface area contributed by atoms with Crippen LogP contribution in [0.15, 0.2) is 60.7 Å². The van der Waals surface area contributed by atoms with Gasteiger partial charge in [-0.3, -0.25) is 5.32 Å². The quantitative estimate of drug-likeness (QED) is 0.676. The summed E-state index contributed by atoms with van der Waals surface area (Å²) >= 11 is 0. The molecule has 2 rings (SSSR count). The molecule has 2 nitrogen and oxygen atoms in total. The topological polar surface area (TPSA) is 21.3 Å². The first kappa shape index (κ1) is 16.9. The Balaban J connectivity index is 2.70. The summed E-state index contributed by atoms with van der Waals surface area (Å²) in [4.78, 5) is 0. The van der Waals surface area contributed by atoms with Gasteiger partial charge in [0.25, 0.3) is 8.32 Å². The third kappa shape index (κ3) is 3.17. The SMILES string of the molecule is CNC(C)O[Si](c1ccccc1)(c1ccccc1)C(C)(C)C. The number of hydrogen-bond donors (Lipinski definition) is 1. The zero-order valence-electron chi connectivity index (χ0n) is 14.3. The smallest absolute Gasteiger partial charge is 0.263 e. The zero-order chi connectivity index (χ0) is 16.2. The van der Waals surface area contributed by atoms with E-state index in [1.807, 2.05) is 7.05 Å². The van der Waals surface area contributed by atoms with Crippen molar-refractivity contribution in [3.8, 4) is 0 Å². The Hall–Kier alpha value is -1.42. The Morgan fingerprint density at radius 1 is 0.864 bits per heavy atom. The number of nitrogens with one attached hydrogen (secondary N) is 1. The molecule has 22 heavy (non-hydrogen) atoms. The molecule has 1 unspecified atom stereocenters. The van der Waals surface area contributed by atoms with Gasteiger partial charge in [0.05, 0.1) is 6.23 Å². The van der Waals surface area contributed by atoms with E-state index in [-0.39, 0.29) is 11.3 Å². The van der Waals surface area contributed by atoms with Gasteiger partial charge in [0, 0.05) is 0 Å². The van der Waals surface area contributed by atoms with E-state index in [1.54, 1.807) is 0 Å². The van der Waals surface area contributed by atoms with Crippen LogP contribution in [-0.4, -0.2) is 21.6 Å². The Morgan fingerprint density at radius 3 is 1.59 bits per heavy atom. The van der Waals surface area contributed by atoms with Crippen LogP contribution < -0.4 is 15.7 Å². The van der Waals surface area contributed by atoms with Gasteiger partial charge in [-0.15, -0.1) is 0 Å². The highest BCUT2D eigenvalue weighted by Gasteiger charge is 2.50. The van der Waals surface area contributed by atoms with Crippen molar-refractivity contribution in [3.63, 3.8) is 0 Å². The molecular weight excluding hydrogens is 286 g/mol. The number of benzene rings is 2. The maximum absolute atomic E-state index is 6.75. The molecule has 0 amide bonds. The van der Waals surface area contributed by atoms with Crippen LogP contribution in [0.4, 0.5) is 0 Å². The first-order chi connectivity index (χ1) is 10.4. The van der Waals surface area contributed by atoms with Crippen molar-refractivity contribution >= 4 is 18.7 Å². The van der Waals surface area contributed by atoms with Crippen LogP contribution in [0.5, 0.6) is 0 Å². The maximum atomic E-state index is 6.75. The van der Waals surface area contributed by atoms with Crippen molar-refractivity contribution < 1.29 is 4.43 Å². The minimum atomic E-state index is -2.40. The first-order valence-electron chi connectivity index (χ1n) is 7.88. The van der Waals surface area contributed by atoms with Crippen LogP contribution in [0.1, 0.15) is 27.7 Å². The normalized spacial score (nSPS) is 13.9. The lowest BCUT2D eigenvalue weighted by Crippen LogP contribution is -2.68. The van der Waals surface area contributed by atoms with Crippen LogP contribution in [-0.2, 0) is 4.43 Å². The molecule has 0 saturated heterocycles. The minimum absolute atomic E-state index is 0.00584. The van der Waals surface area contributed by atoms with Gasteiger partial charge in [-0.1, -0.05) is 81.4 Å². The van der Waals surface area contributed by atoms with Crippen molar-refractivity contribution in [1.29, 1.82) is 0 Å².